The van der Waals surface area contributed by atoms with E-state index < -0.39 is 12.1 Å². The number of benzene rings is 6. The van der Waals surface area contributed by atoms with Crippen molar-refractivity contribution in [2.75, 3.05) is 21.3 Å². The molecular weight excluding hydrogens is 844 g/mol. The van der Waals surface area contributed by atoms with Crippen molar-refractivity contribution in [1.29, 1.82) is 0 Å². The molecule has 14 nitrogen and oxygen atoms in total. The molecule has 0 amide bonds. The molecule has 0 spiro atoms. The van der Waals surface area contributed by atoms with E-state index in [0.29, 0.717) is 45.2 Å². The number of halogens is 1. The number of alkyl halides is 1. The van der Waals surface area contributed by atoms with Gasteiger partial charge < -0.3 is 29.2 Å². The molecule has 15 heteroatoms. The van der Waals surface area contributed by atoms with E-state index in [4.69, 9.17) is 14.2 Å². The number of carboxylic acid groups (broad SMARTS) is 1. The number of carbonyl (C=O) groups is 2. The monoisotopic (exact) mass is 892 g/mol. The maximum atomic E-state index is 11.8. The van der Waals surface area contributed by atoms with Crippen molar-refractivity contribution in [3.05, 3.63) is 157 Å². The number of aliphatic carboxylic acids is 1. The molecule has 8 rings (SSSR count). The highest BCUT2D eigenvalue weighted by Crippen LogP contribution is 2.32. The second-order valence-corrected chi connectivity index (χ2v) is 13.1. The summed E-state index contributed by atoms with van der Waals surface area (Å²) in [6.45, 7) is 0. The standard InChI is InChI=1S/C21H17N3O4.C13H11N3O2.C9H9BrO2.3CH4/c1-27-15-11-12-19(28-20(21(25)26)14-7-3-2-4-8-14)18(13-15)24-22-16-9-5-6-10-17(16)23-24;1-18-9-6-7-13(17)12(8-9)16-14-10-4-2-3-5-11(10)15-16;1-12-9(11)8(10)7-5-3-2-4-6-7;;;/h2-13,20H,1H3,(H,25,26);2-8,17H,1H3;2-6,8H,1H3;3*1H4. The predicted molar refractivity (Wildman–Crippen MR) is 240 cm³/mol. The van der Waals surface area contributed by atoms with E-state index in [9.17, 15) is 19.8 Å². The molecule has 0 radical (unpaired) electrons. The molecule has 0 saturated heterocycles. The molecule has 0 aliphatic rings. The van der Waals surface area contributed by atoms with E-state index in [-0.39, 0.29) is 38.8 Å². The average molecular weight is 894 g/mol. The van der Waals surface area contributed by atoms with Crippen LogP contribution in [0.1, 0.15) is 44.3 Å². The lowest BCUT2D eigenvalue weighted by Crippen LogP contribution is -2.19. The predicted octanol–water partition coefficient (Wildman–Crippen LogP) is 9.97. The molecule has 2 unspecified atom stereocenters. The first-order valence-electron chi connectivity index (χ1n) is 17.6. The first kappa shape index (κ1) is 48.1. The summed E-state index contributed by atoms with van der Waals surface area (Å²) in [5.74, 6) is 0.292. The van der Waals surface area contributed by atoms with E-state index in [1.54, 1.807) is 74.9 Å². The number of carboxylic acids is 1. The molecule has 6 aromatic carbocycles. The van der Waals surface area contributed by atoms with Gasteiger partial charge in [0, 0.05) is 17.7 Å². The van der Waals surface area contributed by atoms with Gasteiger partial charge in [-0.15, -0.1) is 30.0 Å². The fraction of sp³-hybridized carbons (Fsp3) is 0.174. The number of fused-ring (bicyclic) bond motifs is 2. The second-order valence-electron chi connectivity index (χ2n) is 12.2. The Kier molecular flexibility index (Phi) is 18.0. The molecular formula is C46H49BrN6O8. The number of hydrogen-bond donors (Lipinski definition) is 2. The Morgan fingerprint density at radius 1 is 0.574 bits per heavy atom. The van der Waals surface area contributed by atoms with Crippen molar-refractivity contribution in [3.63, 3.8) is 0 Å². The zero-order valence-corrected chi connectivity index (χ0v) is 33.0. The van der Waals surface area contributed by atoms with Crippen LogP contribution in [0.2, 0.25) is 0 Å². The zero-order chi connectivity index (χ0) is 41.0. The van der Waals surface area contributed by atoms with Gasteiger partial charge in [0.05, 0.1) is 21.3 Å². The maximum Gasteiger partial charge on any atom is 0.349 e. The van der Waals surface area contributed by atoms with Gasteiger partial charge in [0.15, 0.2) is 0 Å². The molecule has 2 atom stereocenters. The largest absolute Gasteiger partial charge is 0.506 e. The Balaban J connectivity index is 0.000000260. The Hall–Kier alpha value is -7.26. The van der Waals surface area contributed by atoms with Gasteiger partial charge in [-0.25, -0.2) is 4.79 Å². The zero-order valence-electron chi connectivity index (χ0n) is 31.4. The van der Waals surface area contributed by atoms with Gasteiger partial charge in [0.1, 0.15) is 61.3 Å². The second kappa shape index (κ2) is 22.8. The maximum absolute atomic E-state index is 11.8. The number of hydrogen-bond acceptors (Lipinski definition) is 11. The number of esters is 1. The van der Waals surface area contributed by atoms with Crippen LogP contribution < -0.4 is 14.2 Å². The summed E-state index contributed by atoms with van der Waals surface area (Å²) in [7, 11) is 4.50. The van der Waals surface area contributed by atoms with Gasteiger partial charge in [-0.2, -0.15) is 0 Å². The van der Waals surface area contributed by atoms with Crippen LogP contribution in [0.25, 0.3) is 33.4 Å². The average Bonchev–Trinajstić information content (AvgIpc) is 3.91. The molecule has 0 aliphatic heterocycles. The first-order chi connectivity index (χ1) is 28.2. The Labute approximate surface area is 363 Å². The summed E-state index contributed by atoms with van der Waals surface area (Å²) in [5.41, 5.74) is 5.41. The van der Waals surface area contributed by atoms with Crippen molar-refractivity contribution >= 4 is 49.9 Å². The van der Waals surface area contributed by atoms with Crippen molar-refractivity contribution in [1.82, 2.24) is 30.0 Å². The lowest BCUT2D eigenvalue weighted by Gasteiger charge is -2.18. The summed E-state index contributed by atoms with van der Waals surface area (Å²) < 4.78 is 20.9. The number of methoxy groups -OCH3 is 3. The van der Waals surface area contributed by atoms with Crippen molar-refractivity contribution in [2.24, 2.45) is 0 Å². The summed E-state index contributed by atoms with van der Waals surface area (Å²) in [5, 5.41) is 37.1. The Morgan fingerprint density at radius 3 is 1.43 bits per heavy atom. The summed E-state index contributed by atoms with van der Waals surface area (Å²) in [4.78, 5) is 25.3. The molecule has 0 bridgehead atoms. The molecule has 8 aromatic rings. The Bertz CT molecular complexity index is 2550. The number of phenolic OH excluding ortho intramolecular Hbond substituents is 1. The van der Waals surface area contributed by atoms with E-state index in [2.05, 4.69) is 41.1 Å². The number of aromatic hydroxyl groups is 1. The molecule has 0 saturated carbocycles. The van der Waals surface area contributed by atoms with E-state index in [0.717, 1.165) is 16.6 Å². The minimum atomic E-state index is -1.17. The van der Waals surface area contributed by atoms with Crippen LogP contribution in [-0.2, 0) is 14.3 Å². The van der Waals surface area contributed by atoms with Gasteiger partial charge >= 0.3 is 11.9 Å². The molecule has 2 heterocycles. The molecule has 2 N–H and O–H groups in total. The molecule has 318 valence electrons. The fourth-order valence-electron chi connectivity index (χ4n) is 5.48. The van der Waals surface area contributed by atoms with Crippen LogP contribution >= 0.6 is 15.9 Å². The minimum absolute atomic E-state index is 0. The van der Waals surface area contributed by atoms with Crippen LogP contribution in [0.4, 0.5) is 0 Å². The van der Waals surface area contributed by atoms with Crippen LogP contribution in [-0.4, -0.2) is 73.5 Å². The molecule has 61 heavy (non-hydrogen) atoms. The summed E-state index contributed by atoms with van der Waals surface area (Å²) in [6, 6.07) is 43.2. The molecule has 2 aromatic heterocycles. The quantitative estimate of drug-likeness (QED) is 0.0984. The van der Waals surface area contributed by atoms with Gasteiger partial charge in [0.2, 0.25) is 6.10 Å². The highest BCUT2D eigenvalue weighted by Gasteiger charge is 2.24. The van der Waals surface area contributed by atoms with E-state index in [1.165, 1.54) is 16.7 Å². The van der Waals surface area contributed by atoms with Crippen LogP contribution in [0.3, 0.4) is 0 Å². The normalized spacial score (nSPS) is 11.0. The third-order valence-corrected chi connectivity index (χ3v) is 9.33. The van der Waals surface area contributed by atoms with Gasteiger partial charge in [-0.3, -0.25) is 4.79 Å². The first-order valence-corrected chi connectivity index (χ1v) is 18.5. The number of ether oxygens (including phenoxy) is 4. The van der Waals surface area contributed by atoms with Crippen molar-refractivity contribution in [3.8, 4) is 34.4 Å². The lowest BCUT2D eigenvalue weighted by molar-refractivity contribution is -0.145. The highest BCUT2D eigenvalue weighted by molar-refractivity contribution is 9.09. The minimum Gasteiger partial charge on any atom is -0.506 e. The SMILES string of the molecule is C.C.C.COC(=O)C(Br)c1ccccc1.COc1ccc(O)c(-n2nc3ccccc3n2)c1.COc1ccc(OC(C(=O)O)c2ccccc2)c(-n2nc3ccccc3n2)c1. The van der Waals surface area contributed by atoms with E-state index >= 15 is 0 Å². The Morgan fingerprint density at radius 2 is 0.984 bits per heavy atom. The third kappa shape index (κ3) is 11.9. The molecule has 0 aliphatic carbocycles. The number of aromatic nitrogens is 6. The lowest BCUT2D eigenvalue weighted by atomic mass is 10.1. The van der Waals surface area contributed by atoms with Crippen LogP contribution in [0.15, 0.2) is 146 Å². The van der Waals surface area contributed by atoms with Crippen LogP contribution in [0.5, 0.6) is 23.0 Å². The highest BCUT2D eigenvalue weighted by atomic mass is 79.9. The van der Waals surface area contributed by atoms with Gasteiger partial charge in [0.25, 0.3) is 0 Å². The summed E-state index contributed by atoms with van der Waals surface area (Å²) in [6.07, 6.45) is -1.17. The number of rotatable bonds is 10. The summed E-state index contributed by atoms with van der Waals surface area (Å²) >= 11 is 3.24. The van der Waals surface area contributed by atoms with Crippen molar-refractivity contribution < 1.29 is 38.7 Å². The van der Waals surface area contributed by atoms with Crippen molar-refractivity contribution in [2.45, 2.75) is 33.2 Å². The number of carbonyl (C=O) groups excluding carboxylic acids is 1. The van der Waals surface area contributed by atoms with Gasteiger partial charge in [-0.05, 0) is 54.1 Å². The third-order valence-electron chi connectivity index (χ3n) is 8.42. The van der Waals surface area contributed by atoms with E-state index in [1.807, 2.05) is 84.9 Å². The smallest absolute Gasteiger partial charge is 0.349 e. The number of phenols is 1. The number of nitrogens with zero attached hydrogens (tertiary/aromatic N) is 6. The van der Waals surface area contributed by atoms with Gasteiger partial charge in [-0.1, -0.05) is 123 Å². The van der Waals surface area contributed by atoms with Crippen LogP contribution in [0, 0.1) is 0 Å². The molecule has 0 fully saturated rings. The topological polar surface area (TPSA) is 173 Å². The fourth-order valence-corrected chi connectivity index (χ4v) is 5.97.